The van der Waals surface area contributed by atoms with Gasteiger partial charge in [0.15, 0.2) is 5.78 Å². The van der Waals surface area contributed by atoms with E-state index in [1.54, 1.807) is 24.3 Å². The van der Waals surface area contributed by atoms with Crippen LogP contribution in [0.2, 0.25) is 5.02 Å². The topological polar surface area (TPSA) is 46.0 Å². The molecule has 1 heterocycles. The maximum absolute atomic E-state index is 12.6. The van der Waals surface area contributed by atoms with Crippen LogP contribution >= 0.6 is 11.6 Å². The average Bonchev–Trinajstić information content (AvgIpc) is 2.82. The molecule has 0 aliphatic carbocycles. The molecule has 3 nitrogen and oxygen atoms in total. The molecule has 0 aromatic heterocycles. The Labute approximate surface area is 164 Å². The van der Waals surface area contributed by atoms with Gasteiger partial charge in [0, 0.05) is 17.0 Å². The molecule has 3 rings (SSSR count). The molecule has 1 aliphatic heterocycles. The highest BCUT2D eigenvalue weighted by Crippen LogP contribution is 2.21. The predicted octanol–water partition coefficient (Wildman–Crippen LogP) is 1.01. The van der Waals surface area contributed by atoms with Crippen LogP contribution in [0.15, 0.2) is 59.6 Å². The molecule has 0 amide bonds. The summed E-state index contributed by atoms with van der Waals surface area (Å²) in [5.41, 5.74) is 1.68. The highest BCUT2D eigenvalue weighted by Gasteiger charge is 2.26. The molecule has 2 N–H and O–H groups in total. The van der Waals surface area contributed by atoms with Crippen LogP contribution < -0.4 is 22.3 Å². The van der Waals surface area contributed by atoms with Crippen molar-refractivity contribution in [2.24, 2.45) is 10.9 Å². The van der Waals surface area contributed by atoms with Gasteiger partial charge < -0.3 is 22.3 Å². The molecule has 0 radical (unpaired) electrons. The number of nitrogens with two attached hydrogens (primary N) is 1. The van der Waals surface area contributed by atoms with Gasteiger partial charge in [0.05, 0.1) is 18.2 Å². The number of ketones is 1. The van der Waals surface area contributed by atoms with Gasteiger partial charge in [-0.1, -0.05) is 29.8 Å². The van der Waals surface area contributed by atoms with Crippen molar-refractivity contribution in [2.75, 3.05) is 6.54 Å². The first kappa shape index (κ1) is 19.8. The second-order valence-electron chi connectivity index (χ2n) is 6.19. The molecule has 1 saturated heterocycles. The molecule has 5 heteroatoms. The third kappa shape index (κ3) is 5.77. The minimum atomic E-state index is 0. The predicted molar refractivity (Wildman–Crippen MR) is 98.1 cm³/mol. The van der Waals surface area contributed by atoms with Crippen molar-refractivity contribution in [3.05, 3.63) is 65.2 Å². The van der Waals surface area contributed by atoms with Crippen LogP contribution in [-0.2, 0) is 0 Å². The van der Waals surface area contributed by atoms with E-state index in [0.29, 0.717) is 11.4 Å². The van der Waals surface area contributed by atoms with Gasteiger partial charge in [-0.2, -0.15) is 0 Å². The molecular formula is C20H22BrClN2O. The standard InChI is InChI=1S/C20H21ClN2O.BrH/c21-17-11-9-15(10-12-17)19(24)14-16-6-4-5-13-22-20(16)23-18-7-2-1-3-8-18;/h1-3,7-12,16H,4-6,13-14H2,(H,22,23);1H. The quantitative estimate of drug-likeness (QED) is 0.736. The number of Topliss-reactive ketones (excluding diaryl/α,β-unsaturated/α-hetero) is 1. The van der Waals surface area contributed by atoms with Crippen LogP contribution in [0.4, 0.5) is 5.69 Å². The Morgan fingerprint density at radius 3 is 2.52 bits per heavy atom. The maximum Gasteiger partial charge on any atom is 0.203 e. The number of carbonyl (C=O) groups excluding carboxylic acids is 1. The Kier molecular flexibility index (Phi) is 7.82. The van der Waals surface area contributed by atoms with E-state index >= 15 is 0 Å². The number of amidine groups is 1. The Hall–Kier alpha value is -1.49. The molecule has 1 unspecified atom stereocenters. The fourth-order valence-electron chi connectivity index (χ4n) is 3.07. The largest absolute Gasteiger partial charge is 1.00 e. The van der Waals surface area contributed by atoms with E-state index in [1.165, 1.54) is 6.42 Å². The molecule has 1 aliphatic rings. The summed E-state index contributed by atoms with van der Waals surface area (Å²) in [5, 5.41) is 2.86. The van der Waals surface area contributed by atoms with Gasteiger partial charge in [-0.05, 0) is 55.7 Å². The summed E-state index contributed by atoms with van der Waals surface area (Å²) in [6.07, 6.45) is 3.83. The van der Waals surface area contributed by atoms with Gasteiger partial charge in [0.25, 0.3) is 0 Å². The fourth-order valence-corrected chi connectivity index (χ4v) is 3.20. The number of quaternary nitrogens is 1. The molecule has 1 fully saturated rings. The van der Waals surface area contributed by atoms with Gasteiger partial charge in [0.1, 0.15) is 0 Å². The SMILES string of the molecule is O=C(CC1CCCC[NH2+]C1=Nc1ccccc1)c1ccc(Cl)cc1.[Br-]. The summed E-state index contributed by atoms with van der Waals surface area (Å²) in [5.74, 6) is 1.41. The highest BCUT2D eigenvalue weighted by atomic mass is 79.9. The molecule has 2 aromatic rings. The van der Waals surface area contributed by atoms with E-state index in [-0.39, 0.29) is 28.7 Å². The van der Waals surface area contributed by atoms with Gasteiger partial charge in [0.2, 0.25) is 5.84 Å². The van der Waals surface area contributed by atoms with Crippen LogP contribution in [0.5, 0.6) is 0 Å². The minimum Gasteiger partial charge on any atom is -1.00 e. The number of carbonyl (C=O) groups is 1. The number of benzene rings is 2. The number of para-hydroxylation sites is 1. The molecular weight excluding hydrogens is 400 g/mol. The van der Waals surface area contributed by atoms with Crippen molar-refractivity contribution >= 4 is 28.9 Å². The van der Waals surface area contributed by atoms with Gasteiger partial charge in [-0.25, -0.2) is 4.99 Å². The molecule has 0 saturated carbocycles. The summed E-state index contributed by atoms with van der Waals surface area (Å²) in [6.45, 7) is 1.04. The van der Waals surface area contributed by atoms with Crippen molar-refractivity contribution in [2.45, 2.75) is 25.7 Å². The second kappa shape index (κ2) is 9.85. The summed E-state index contributed by atoms with van der Waals surface area (Å²) in [4.78, 5) is 17.4. The van der Waals surface area contributed by atoms with E-state index in [9.17, 15) is 4.79 Å². The van der Waals surface area contributed by atoms with Crippen LogP contribution in [-0.4, -0.2) is 18.2 Å². The molecule has 25 heavy (non-hydrogen) atoms. The van der Waals surface area contributed by atoms with Crippen molar-refractivity contribution in [3.8, 4) is 0 Å². The third-order valence-electron chi connectivity index (χ3n) is 4.39. The average molecular weight is 422 g/mol. The number of aliphatic imine (C=N–C) groups is 1. The second-order valence-corrected chi connectivity index (χ2v) is 6.63. The van der Waals surface area contributed by atoms with Gasteiger partial charge in [-0.3, -0.25) is 4.79 Å². The summed E-state index contributed by atoms with van der Waals surface area (Å²) >= 11 is 5.91. The summed E-state index contributed by atoms with van der Waals surface area (Å²) < 4.78 is 0. The number of halogens is 2. The first-order chi connectivity index (χ1) is 11.7. The van der Waals surface area contributed by atoms with Crippen LogP contribution in [0.3, 0.4) is 0 Å². The van der Waals surface area contributed by atoms with Gasteiger partial charge >= 0.3 is 0 Å². The van der Waals surface area contributed by atoms with Crippen molar-refractivity contribution in [3.63, 3.8) is 0 Å². The zero-order chi connectivity index (χ0) is 16.8. The first-order valence-electron chi connectivity index (χ1n) is 8.48. The van der Waals surface area contributed by atoms with Gasteiger partial charge in [-0.15, -0.1) is 0 Å². The number of hydrogen-bond donors (Lipinski definition) is 1. The Balaban J connectivity index is 0.00000225. The number of nitrogens with zero attached hydrogens (tertiary/aromatic N) is 1. The van der Waals surface area contributed by atoms with Crippen molar-refractivity contribution in [1.82, 2.24) is 0 Å². The maximum atomic E-state index is 12.6. The van der Waals surface area contributed by atoms with E-state index in [1.807, 2.05) is 30.3 Å². The smallest absolute Gasteiger partial charge is 0.203 e. The Bertz CT molecular complexity index is 716. The molecule has 1 atom stereocenters. The fraction of sp³-hybridized carbons (Fsp3) is 0.300. The number of hydrogen-bond acceptors (Lipinski definition) is 2. The van der Waals surface area contributed by atoms with E-state index in [2.05, 4.69) is 5.32 Å². The Morgan fingerprint density at radius 2 is 1.80 bits per heavy atom. The van der Waals surface area contributed by atoms with Crippen LogP contribution in [0.1, 0.15) is 36.0 Å². The molecule has 0 spiro atoms. The summed E-state index contributed by atoms with van der Waals surface area (Å²) in [7, 11) is 0. The third-order valence-corrected chi connectivity index (χ3v) is 4.64. The van der Waals surface area contributed by atoms with Crippen LogP contribution in [0, 0.1) is 5.92 Å². The van der Waals surface area contributed by atoms with E-state index in [4.69, 9.17) is 16.6 Å². The first-order valence-corrected chi connectivity index (χ1v) is 8.86. The zero-order valence-electron chi connectivity index (χ0n) is 14.0. The summed E-state index contributed by atoms with van der Waals surface area (Å²) in [6, 6.07) is 17.1. The molecule has 0 bridgehead atoms. The number of rotatable bonds is 4. The lowest BCUT2D eigenvalue weighted by atomic mass is 9.93. The molecule has 132 valence electrons. The van der Waals surface area contributed by atoms with Crippen molar-refractivity contribution in [1.29, 1.82) is 0 Å². The minimum absolute atomic E-state index is 0. The lowest BCUT2D eigenvalue weighted by Crippen LogP contribution is -3.00. The normalized spacial score (nSPS) is 19.1. The zero-order valence-corrected chi connectivity index (χ0v) is 16.3. The molecule has 2 aromatic carbocycles. The van der Waals surface area contributed by atoms with Crippen molar-refractivity contribution < 1.29 is 27.1 Å². The lowest BCUT2D eigenvalue weighted by molar-refractivity contribution is -0.542. The monoisotopic (exact) mass is 420 g/mol. The Morgan fingerprint density at radius 1 is 1.08 bits per heavy atom. The van der Waals surface area contributed by atoms with E-state index in [0.717, 1.165) is 36.5 Å². The lowest BCUT2D eigenvalue weighted by Gasteiger charge is -2.13. The van der Waals surface area contributed by atoms with Crippen LogP contribution in [0.25, 0.3) is 0 Å². The van der Waals surface area contributed by atoms with E-state index < -0.39 is 0 Å². The highest BCUT2D eigenvalue weighted by molar-refractivity contribution is 6.30.